The normalized spacial score (nSPS) is 10.2. The van der Waals surface area contributed by atoms with E-state index in [-0.39, 0.29) is 11.5 Å². The summed E-state index contributed by atoms with van der Waals surface area (Å²) in [6, 6.07) is 11.3. The van der Waals surface area contributed by atoms with E-state index in [9.17, 15) is 4.21 Å². The largest absolute Gasteiger partial charge is 0.487 e. The van der Waals surface area contributed by atoms with Crippen molar-refractivity contribution in [3.05, 3.63) is 58.1 Å². The highest BCUT2D eigenvalue weighted by molar-refractivity contribution is 7.54. The Morgan fingerprint density at radius 3 is 2.75 bits per heavy atom. The highest BCUT2D eigenvalue weighted by Gasteiger charge is 2.08. The minimum absolute atomic E-state index is 0.198. The fourth-order valence-electron chi connectivity index (χ4n) is 1.87. The molecule has 0 heterocycles. The molecule has 0 aliphatic heterocycles. The summed E-state index contributed by atoms with van der Waals surface area (Å²) in [6.45, 7) is 4.26. The van der Waals surface area contributed by atoms with Gasteiger partial charge in [0.1, 0.15) is 12.4 Å². The molecule has 0 aliphatic carbocycles. The van der Waals surface area contributed by atoms with Crippen molar-refractivity contribution in [3.63, 3.8) is 0 Å². The number of ether oxygens (including phenoxy) is 1. The highest BCUT2D eigenvalue weighted by atomic mass is 35.5. The van der Waals surface area contributed by atoms with E-state index in [4.69, 9.17) is 16.3 Å². The van der Waals surface area contributed by atoms with Crippen molar-refractivity contribution in [2.45, 2.75) is 20.5 Å². The summed E-state index contributed by atoms with van der Waals surface area (Å²) in [4.78, 5) is 0. The van der Waals surface area contributed by atoms with E-state index in [1.54, 1.807) is 6.07 Å². The monoisotopic (exact) mass is 307 g/mol. The van der Waals surface area contributed by atoms with E-state index in [0.717, 1.165) is 16.7 Å². The zero-order chi connectivity index (χ0) is 14.5. The molecular formula is C15H14ClNO2S. The Morgan fingerprint density at radius 1 is 1.25 bits per heavy atom. The number of hydrogen-bond acceptors (Lipinski definition) is 3. The van der Waals surface area contributed by atoms with Gasteiger partial charge in [0, 0.05) is 5.56 Å². The third-order valence-corrected chi connectivity index (χ3v) is 3.55. The Labute approximate surface area is 126 Å². The molecule has 104 valence electrons. The molecule has 5 heteroatoms. The van der Waals surface area contributed by atoms with Gasteiger partial charge in [-0.15, -0.1) is 0 Å². The molecule has 0 saturated carbocycles. The van der Waals surface area contributed by atoms with Gasteiger partial charge in [-0.25, -0.2) is 0 Å². The van der Waals surface area contributed by atoms with Crippen LogP contribution >= 0.6 is 11.6 Å². The maximum atomic E-state index is 10.6. The fourth-order valence-corrected chi connectivity index (χ4v) is 2.41. The zero-order valence-corrected chi connectivity index (χ0v) is 12.8. The van der Waals surface area contributed by atoms with Crippen LogP contribution in [0.15, 0.2) is 40.8 Å². The molecule has 2 aromatic rings. The number of nitrogens with zero attached hydrogens (tertiary/aromatic N) is 1. The van der Waals surface area contributed by atoms with Gasteiger partial charge in [0.25, 0.3) is 0 Å². The van der Waals surface area contributed by atoms with Gasteiger partial charge in [0.05, 0.1) is 10.7 Å². The zero-order valence-electron chi connectivity index (χ0n) is 11.2. The smallest absolute Gasteiger partial charge is 0.205 e. The van der Waals surface area contributed by atoms with Gasteiger partial charge in [-0.05, 0) is 43.2 Å². The number of benzene rings is 2. The minimum Gasteiger partial charge on any atom is -0.487 e. The summed E-state index contributed by atoms with van der Waals surface area (Å²) in [5.74, 6) is 0.626. The summed E-state index contributed by atoms with van der Waals surface area (Å²) >= 11 is 6.33. The summed E-state index contributed by atoms with van der Waals surface area (Å²) < 4.78 is 20.2. The Bertz CT molecular complexity index is 682. The van der Waals surface area contributed by atoms with Crippen molar-refractivity contribution in [3.8, 4) is 5.75 Å². The van der Waals surface area contributed by atoms with Gasteiger partial charge >= 0.3 is 0 Å². The second kappa shape index (κ2) is 6.68. The lowest BCUT2D eigenvalue weighted by Gasteiger charge is -2.12. The predicted octanol–water partition coefficient (Wildman–Crippen LogP) is 4.56. The first-order valence-corrected chi connectivity index (χ1v) is 7.17. The number of halogens is 1. The van der Waals surface area contributed by atoms with Crippen molar-refractivity contribution >= 4 is 28.8 Å². The van der Waals surface area contributed by atoms with Crippen molar-refractivity contribution in [2.75, 3.05) is 0 Å². The molecule has 0 N–H and O–H groups in total. The van der Waals surface area contributed by atoms with Crippen LogP contribution in [0.4, 0.5) is 5.69 Å². The van der Waals surface area contributed by atoms with Crippen LogP contribution in [-0.4, -0.2) is 4.21 Å². The van der Waals surface area contributed by atoms with Gasteiger partial charge in [0.2, 0.25) is 11.5 Å². The van der Waals surface area contributed by atoms with Crippen molar-refractivity contribution in [1.29, 1.82) is 0 Å². The van der Waals surface area contributed by atoms with Crippen LogP contribution in [0.2, 0.25) is 5.02 Å². The summed E-state index contributed by atoms with van der Waals surface area (Å²) in [6.07, 6.45) is 0. The fraction of sp³-hybridized carbons (Fsp3) is 0.200. The number of aryl methyl sites for hydroxylation is 2. The average molecular weight is 308 g/mol. The molecule has 2 aromatic carbocycles. The first-order chi connectivity index (χ1) is 9.61. The molecule has 20 heavy (non-hydrogen) atoms. The molecule has 0 radical (unpaired) electrons. The van der Waals surface area contributed by atoms with Crippen molar-refractivity contribution in [1.82, 2.24) is 0 Å². The van der Waals surface area contributed by atoms with Crippen LogP contribution in [0.3, 0.4) is 0 Å². The topological polar surface area (TPSA) is 38.7 Å². The van der Waals surface area contributed by atoms with Crippen LogP contribution in [-0.2, 0) is 18.1 Å². The van der Waals surface area contributed by atoms with Gasteiger partial charge in [0.15, 0.2) is 0 Å². The first kappa shape index (κ1) is 14.8. The van der Waals surface area contributed by atoms with E-state index in [1.165, 1.54) is 0 Å². The van der Waals surface area contributed by atoms with E-state index in [1.807, 2.05) is 44.2 Å². The van der Waals surface area contributed by atoms with E-state index in [2.05, 4.69) is 4.36 Å². The Morgan fingerprint density at radius 2 is 2.05 bits per heavy atom. The van der Waals surface area contributed by atoms with Gasteiger partial charge in [-0.1, -0.05) is 29.8 Å². The molecule has 0 spiro atoms. The highest BCUT2D eigenvalue weighted by Crippen LogP contribution is 2.28. The van der Waals surface area contributed by atoms with Crippen molar-refractivity contribution in [2.24, 2.45) is 4.36 Å². The second-order valence-electron chi connectivity index (χ2n) is 4.46. The third-order valence-electron chi connectivity index (χ3n) is 2.98. The summed E-state index contributed by atoms with van der Waals surface area (Å²) in [5.41, 5.74) is 3.65. The van der Waals surface area contributed by atoms with E-state index >= 15 is 0 Å². The maximum Gasteiger partial charge on any atom is 0.205 e. The van der Waals surface area contributed by atoms with Crippen molar-refractivity contribution < 1.29 is 8.95 Å². The minimum atomic E-state index is 0.198. The SMILES string of the molecule is Cc1ccc(OCc2c(C)cccc2N=S=O)c(Cl)c1. The summed E-state index contributed by atoms with van der Waals surface area (Å²) in [5, 5.41) is 0.579. The average Bonchev–Trinajstić information content (AvgIpc) is 2.40. The maximum absolute atomic E-state index is 10.6. The van der Waals surface area contributed by atoms with E-state index in [0.29, 0.717) is 23.1 Å². The van der Waals surface area contributed by atoms with Crippen LogP contribution in [0.1, 0.15) is 16.7 Å². The molecule has 0 fully saturated rings. The molecule has 0 aliphatic rings. The molecule has 0 unspecified atom stereocenters. The quantitative estimate of drug-likeness (QED) is 0.830. The molecule has 3 nitrogen and oxygen atoms in total. The van der Waals surface area contributed by atoms with Crippen LogP contribution in [0.5, 0.6) is 5.75 Å². The lowest BCUT2D eigenvalue weighted by molar-refractivity contribution is 0.306. The Balaban J connectivity index is 2.24. The Kier molecular flexibility index (Phi) is 4.93. The standard InChI is InChI=1S/C15H14ClNO2S/c1-10-6-7-15(13(16)8-10)19-9-12-11(2)4-3-5-14(12)17-20-18/h3-8H,9H2,1-2H3. The molecule has 0 saturated heterocycles. The first-order valence-electron chi connectivity index (χ1n) is 6.09. The molecule has 2 rings (SSSR count). The van der Waals surface area contributed by atoms with Gasteiger partial charge in [-0.3, -0.25) is 0 Å². The second-order valence-corrected chi connectivity index (χ2v) is 5.20. The Hall–Kier alpha value is -1.65. The molecule has 0 bridgehead atoms. The molecule has 0 aromatic heterocycles. The predicted molar refractivity (Wildman–Crippen MR) is 81.9 cm³/mol. The third kappa shape index (κ3) is 3.46. The van der Waals surface area contributed by atoms with Crippen LogP contribution < -0.4 is 4.74 Å². The molecule has 0 amide bonds. The van der Waals surface area contributed by atoms with E-state index < -0.39 is 0 Å². The molecular weight excluding hydrogens is 294 g/mol. The lowest BCUT2D eigenvalue weighted by atomic mass is 10.1. The van der Waals surface area contributed by atoms with Gasteiger partial charge < -0.3 is 4.74 Å². The van der Waals surface area contributed by atoms with Crippen LogP contribution in [0.25, 0.3) is 0 Å². The van der Waals surface area contributed by atoms with Crippen LogP contribution in [0, 0.1) is 13.8 Å². The lowest BCUT2D eigenvalue weighted by Crippen LogP contribution is -1.99. The van der Waals surface area contributed by atoms with Gasteiger partial charge in [-0.2, -0.15) is 8.57 Å². The number of rotatable bonds is 4. The molecule has 0 atom stereocenters. The summed E-state index contributed by atoms with van der Waals surface area (Å²) in [7, 11) is 0. The number of hydrogen-bond donors (Lipinski definition) is 0.